The quantitative estimate of drug-likeness (QED) is 0.174. The molecule has 0 bridgehead atoms. The fourth-order valence-electron chi connectivity index (χ4n) is 8.81. The van der Waals surface area contributed by atoms with Crippen molar-refractivity contribution in [2.45, 2.75) is 25.7 Å². The van der Waals surface area contributed by atoms with E-state index in [0.29, 0.717) is 0 Å². The van der Waals surface area contributed by atoms with E-state index in [1.165, 1.54) is 85.6 Å². The summed E-state index contributed by atoms with van der Waals surface area (Å²) in [4.78, 5) is 7.51. The van der Waals surface area contributed by atoms with E-state index in [1.54, 1.807) is 0 Å². The number of hydrogen-bond acceptors (Lipinski definition) is 3. The SMILES string of the molecule is c1ccc(N2c3ccccc3B3c4ccccc4N(c4ccccc4)c4cc(N(c5ccc6c(c5)CC6)c5ccc6c(c5)CC6)cc2c43)cc1. The first-order valence-electron chi connectivity index (χ1n) is 17.9. The molecule has 0 spiro atoms. The van der Waals surface area contributed by atoms with Crippen LogP contribution in [0.5, 0.6) is 0 Å². The van der Waals surface area contributed by atoms with E-state index in [-0.39, 0.29) is 6.71 Å². The van der Waals surface area contributed by atoms with Crippen molar-refractivity contribution in [3.63, 3.8) is 0 Å². The molecule has 2 heterocycles. The van der Waals surface area contributed by atoms with E-state index >= 15 is 0 Å². The number of benzene rings is 7. The first-order valence-corrected chi connectivity index (χ1v) is 17.9. The van der Waals surface area contributed by atoms with Gasteiger partial charge in [-0.1, -0.05) is 84.9 Å². The smallest absolute Gasteiger partial charge is 0.252 e. The predicted molar refractivity (Wildman–Crippen MR) is 210 cm³/mol. The molecule has 0 atom stereocenters. The number of fused-ring (bicyclic) bond motifs is 6. The Kier molecular flexibility index (Phi) is 6.00. The summed E-state index contributed by atoms with van der Waals surface area (Å²) < 4.78 is 0. The van der Waals surface area contributed by atoms with Crippen LogP contribution in [-0.2, 0) is 25.7 Å². The van der Waals surface area contributed by atoms with Crippen LogP contribution in [0, 0.1) is 0 Å². The molecule has 11 rings (SSSR count). The molecule has 0 aromatic heterocycles. The van der Waals surface area contributed by atoms with Crippen LogP contribution in [0.4, 0.5) is 51.2 Å². The second kappa shape index (κ2) is 10.8. The zero-order valence-corrected chi connectivity index (χ0v) is 27.8. The van der Waals surface area contributed by atoms with Crippen LogP contribution in [0.15, 0.2) is 158 Å². The molecule has 50 heavy (non-hydrogen) atoms. The van der Waals surface area contributed by atoms with Gasteiger partial charge in [-0.15, -0.1) is 0 Å². The fraction of sp³-hybridized carbons (Fsp3) is 0.0870. The highest BCUT2D eigenvalue weighted by molar-refractivity contribution is 7.00. The zero-order chi connectivity index (χ0) is 32.8. The van der Waals surface area contributed by atoms with E-state index in [9.17, 15) is 0 Å². The molecule has 236 valence electrons. The van der Waals surface area contributed by atoms with Crippen molar-refractivity contribution in [1.82, 2.24) is 0 Å². The molecule has 0 radical (unpaired) electrons. The summed E-state index contributed by atoms with van der Waals surface area (Å²) in [5, 5.41) is 0. The average Bonchev–Trinajstić information content (AvgIpc) is 3.14. The molecule has 0 saturated carbocycles. The van der Waals surface area contributed by atoms with E-state index in [0.717, 1.165) is 29.9 Å². The Bertz CT molecular complexity index is 2310. The average molecular weight is 640 g/mol. The monoisotopic (exact) mass is 639 g/mol. The van der Waals surface area contributed by atoms with Gasteiger partial charge >= 0.3 is 0 Å². The fourth-order valence-corrected chi connectivity index (χ4v) is 8.81. The number of para-hydroxylation sites is 4. The molecular formula is C46H34BN3. The van der Waals surface area contributed by atoms with Crippen LogP contribution in [0.25, 0.3) is 0 Å². The van der Waals surface area contributed by atoms with Crippen molar-refractivity contribution in [3.05, 3.63) is 180 Å². The second-order valence-corrected chi connectivity index (χ2v) is 14.0. The highest BCUT2D eigenvalue weighted by Crippen LogP contribution is 2.48. The van der Waals surface area contributed by atoms with Crippen molar-refractivity contribution in [2.24, 2.45) is 0 Å². The summed E-state index contributed by atoms with van der Waals surface area (Å²) in [5.74, 6) is 0. The van der Waals surface area contributed by atoms with E-state index in [2.05, 4.69) is 172 Å². The molecule has 3 nitrogen and oxygen atoms in total. The Morgan fingerprint density at radius 2 is 0.820 bits per heavy atom. The van der Waals surface area contributed by atoms with Crippen molar-refractivity contribution < 1.29 is 0 Å². The van der Waals surface area contributed by atoms with Crippen LogP contribution in [0.3, 0.4) is 0 Å². The van der Waals surface area contributed by atoms with E-state index < -0.39 is 0 Å². The predicted octanol–water partition coefficient (Wildman–Crippen LogP) is 9.44. The summed E-state index contributed by atoms with van der Waals surface area (Å²) in [6.07, 6.45) is 4.65. The van der Waals surface area contributed by atoms with Crippen LogP contribution in [0.1, 0.15) is 22.3 Å². The molecule has 0 fully saturated rings. The molecule has 4 heteroatoms. The lowest BCUT2D eigenvalue weighted by atomic mass is 9.33. The number of anilines is 9. The van der Waals surface area contributed by atoms with Crippen molar-refractivity contribution in [1.29, 1.82) is 0 Å². The van der Waals surface area contributed by atoms with Gasteiger partial charge in [0.25, 0.3) is 6.71 Å². The lowest BCUT2D eigenvalue weighted by Gasteiger charge is -2.45. The molecule has 0 unspecified atom stereocenters. The van der Waals surface area contributed by atoms with Crippen LogP contribution >= 0.6 is 0 Å². The van der Waals surface area contributed by atoms with Gasteiger partial charge in [-0.3, -0.25) is 0 Å². The minimum atomic E-state index is 0.0998. The minimum absolute atomic E-state index is 0.0998. The molecule has 0 saturated heterocycles. The van der Waals surface area contributed by atoms with Crippen LogP contribution in [-0.4, -0.2) is 6.71 Å². The summed E-state index contributed by atoms with van der Waals surface area (Å²) >= 11 is 0. The van der Waals surface area contributed by atoms with Gasteiger partial charge in [-0.05, 0) is 137 Å². The van der Waals surface area contributed by atoms with Crippen LogP contribution in [0.2, 0.25) is 0 Å². The Labute approximate surface area is 293 Å². The standard InChI is InChI=1S/C46H34BN3/c1-3-11-35(12-4-1)49-42-17-9-7-15-40(42)47-41-16-8-10-18-43(41)50(36-13-5-2-6-14-36)45-30-39(29-44(49)46(45)47)48(37-25-23-31-19-21-33(31)27-37)38-26-24-32-20-22-34(32)28-38/h1-18,23-30H,19-22H2. The van der Waals surface area contributed by atoms with Gasteiger partial charge < -0.3 is 14.7 Å². The van der Waals surface area contributed by atoms with Gasteiger partial charge in [0.2, 0.25) is 0 Å². The Morgan fingerprint density at radius 3 is 1.26 bits per heavy atom. The van der Waals surface area contributed by atoms with Gasteiger partial charge in [0, 0.05) is 45.5 Å². The van der Waals surface area contributed by atoms with Crippen LogP contribution < -0.4 is 31.1 Å². The van der Waals surface area contributed by atoms with Gasteiger partial charge in [0.1, 0.15) is 0 Å². The maximum absolute atomic E-state index is 2.51. The largest absolute Gasteiger partial charge is 0.311 e. The molecule has 0 N–H and O–H groups in total. The summed E-state index contributed by atoms with van der Waals surface area (Å²) in [5.41, 5.74) is 20.7. The van der Waals surface area contributed by atoms with Crippen molar-refractivity contribution in [2.75, 3.05) is 14.7 Å². The number of rotatable bonds is 5. The van der Waals surface area contributed by atoms with E-state index in [1.807, 2.05) is 0 Å². The summed E-state index contributed by atoms with van der Waals surface area (Å²) in [6.45, 7) is 0.0998. The van der Waals surface area contributed by atoms with Gasteiger partial charge in [0.15, 0.2) is 0 Å². The highest BCUT2D eigenvalue weighted by atomic mass is 15.2. The number of aryl methyl sites for hydroxylation is 4. The van der Waals surface area contributed by atoms with Gasteiger partial charge in [0.05, 0.1) is 5.69 Å². The highest BCUT2D eigenvalue weighted by Gasteiger charge is 2.43. The van der Waals surface area contributed by atoms with Gasteiger partial charge in [-0.2, -0.15) is 0 Å². The Balaban J connectivity index is 1.24. The first kappa shape index (κ1) is 27.9. The third-order valence-electron chi connectivity index (χ3n) is 11.4. The zero-order valence-electron chi connectivity index (χ0n) is 27.8. The molecular weight excluding hydrogens is 605 g/mol. The molecule has 4 aliphatic rings. The summed E-state index contributed by atoms with van der Waals surface area (Å²) in [6, 6.07) is 59.0. The lowest BCUT2D eigenvalue weighted by Crippen LogP contribution is -2.61. The summed E-state index contributed by atoms with van der Waals surface area (Å²) in [7, 11) is 0. The first-order chi connectivity index (χ1) is 24.8. The molecule has 2 aliphatic heterocycles. The topological polar surface area (TPSA) is 9.72 Å². The second-order valence-electron chi connectivity index (χ2n) is 14.0. The molecule has 0 amide bonds. The lowest BCUT2D eigenvalue weighted by molar-refractivity contribution is 0.836. The Hall–Kier alpha value is -6.00. The van der Waals surface area contributed by atoms with E-state index in [4.69, 9.17) is 0 Å². The number of hydrogen-bond donors (Lipinski definition) is 0. The molecule has 2 aliphatic carbocycles. The van der Waals surface area contributed by atoms with Crippen molar-refractivity contribution >= 4 is 74.3 Å². The minimum Gasteiger partial charge on any atom is -0.311 e. The molecule has 7 aromatic carbocycles. The van der Waals surface area contributed by atoms with Crippen molar-refractivity contribution in [3.8, 4) is 0 Å². The number of nitrogens with zero attached hydrogens (tertiary/aromatic N) is 3. The third-order valence-corrected chi connectivity index (χ3v) is 11.4. The Morgan fingerprint density at radius 1 is 0.380 bits per heavy atom. The van der Waals surface area contributed by atoms with Gasteiger partial charge in [-0.25, -0.2) is 0 Å². The maximum atomic E-state index is 2.51. The third kappa shape index (κ3) is 4.05. The normalized spacial score (nSPS) is 14.4. The maximum Gasteiger partial charge on any atom is 0.252 e. The molecule has 7 aromatic rings.